The molecule has 0 unspecified atom stereocenters. The lowest BCUT2D eigenvalue weighted by Gasteiger charge is -2.33. The van der Waals surface area contributed by atoms with Crippen LogP contribution in [0.15, 0.2) is 12.1 Å². The number of hydrogen-bond donors (Lipinski definition) is 1. The third kappa shape index (κ3) is 4.08. The van der Waals surface area contributed by atoms with Gasteiger partial charge in [0.25, 0.3) is 0 Å². The van der Waals surface area contributed by atoms with Crippen LogP contribution < -0.4 is 4.72 Å². The fraction of sp³-hybridized carbons (Fsp3) is 0.588. The second-order valence-electron chi connectivity index (χ2n) is 6.22. The predicted molar refractivity (Wildman–Crippen MR) is 94.2 cm³/mol. The summed E-state index contributed by atoms with van der Waals surface area (Å²) in [7, 11) is -3.81. The second-order valence-corrected chi connectivity index (χ2v) is 7.84. The average Bonchev–Trinajstić information content (AvgIpc) is 2.52. The summed E-state index contributed by atoms with van der Waals surface area (Å²) in [6.07, 6.45) is 2.05. The molecule has 0 aliphatic carbocycles. The number of ether oxygens (including phenoxy) is 1. The lowest BCUT2D eigenvalue weighted by molar-refractivity contribution is -0.148. The molecule has 24 heavy (non-hydrogen) atoms. The van der Waals surface area contributed by atoms with Crippen LogP contribution in [-0.4, -0.2) is 37.9 Å². The molecule has 134 valence electrons. The molecule has 0 amide bonds. The first-order chi connectivity index (χ1) is 11.3. The van der Waals surface area contributed by atoms with Crippen molar-refractivity contribution in [2.45, 2.75) is 53.0 Å². The first-order valence-electron chi connectivity index (χ1n) is 8.30. The molecule has 7 heteroatoms. The van der Waals surface area contributed by atoms with Gasteiger partial charge in [0.05, 0.1) is 12.3 Å². The molecule has 1 aliphatic rings. The number of aryl methyl sites for hydroxylation is 2. The van der Waals surface area contributed by atoms with Gasteiger partial charge in [-0.05, 0) is 75.8 Å². The Balaban J connectivity index is 2.26. The van der Waals surface area contributed by atoms with Crippen LogP contribution in [0.25, 0.3) is 0 Å². The number of nitrogens with one attached hydrogen (secondary N) is 1. The first-order valence-corrected chi connectivity index (χ1v) is 9.74. The SMILES string of the molecule is CCOC(=O)[C@@H]1CCCCN1S(=O)(=O)Nc1cc(C)c(C)c(C)c1. The van der Waals surface area contributed by atoms with Gasteiger partial charge in [0.2, 0.25) is 0 Å². The molecule has 2 rings (SSSR count). The Labute approximate surface area is 144 Å². The third-order valence-corrected chi connectivity index (χ3v) is 6.04. The monoisotopic (exact) mass is 354 g/mol. The van der Waals surface area contributed by atoms with E-state index in [0.29, 0.717) is 18.7 Å². The molecule has 0 spiro atoms. The minimum atomic E-state index is -3.81. The van der Waals surface area contributed by atoms with Crippen molar-refractivity contribution in [3.63, 3.8) is 0 Å². The standard InChI is InChI=1S/C17H26N2O4S/c1-5-23-17(20)16-8-6-7-9-19(16)24(21,22)18-15-10-12(2)14(4)13(3)11-15/h10-11,16,18H,5-9H2,1-4H3/t16-/m0/s1. The molecule has 6 nitrogen and oxygen atoms in total. The van der Waals surface area contributed by atoms with E-state index in [4.69, 9.17) is 4.74 Å². The van der Waals surface area contributed by atoms with Gasteiger partial charge in [0.15, 0.2) is 0 Å². The molecule has 1 heterocycles. The Bertz CT molecular complexity index is 692. The second kappa shape index (κ2) is 7.53. The zero-order chi connectivity index (χ0) is 17.9. The van der Waals surface area contributed by atoms with Crippen LogP contribution in [0.1, 0.15) is 42.9 Å². The topological polar surface area (TPSA) is 75.7 Å². The molecular weight excluding hydrogens is 328 g/mol. The van der Waals surface area contributed by atoms with Gasteiger partial charge in [-0.25, -0.2) is 0 Å². The number of anilines is 1. The van der Waals surface area contributed by atoms with Crippen molar-refractivity contribution in [1.82, 2.24) is 4.31 Å². The van der Waals surface area contributed by atoms with Gasteiger partial charge in [-0.2, -0.15) is 12.7 Å². The number of carbonyl (C=O) groups is 1. The predicted octanol–water partition coefficient (Wildman–Crippen LogP) is 2.69. The summed E-state index contributed by atoms with van der Waals surface area (Å²) in [5.74, 6) is -0.473. The highest BCUT2D eigenvalue weighted by Crippen LogP contribution is 2.25. The van der Waals surface area contributed by atoms with Crippen LogP contribution in [0.3, 0.4) is 0 Å². The lowest BCUT2D eigenvalue weighted by Crippen LogP contribution is -2.50. The maximum Gasteiger partial charge on any atom is 0.324 e. The summed E-state index contributed by atoms with van der Waals surface area (Å²) in [6, 6.07) is 2.87. The number of rotatable bonds is 5. The Morgan fingerprint density at radius 3 is 2.46 bits per heavy atom. The maximum atomic E-state index is 12.8. The van der Waals surface area contributed by atoms with Crippen LogP contribution in [0.4, 0.5) is 5.69 Å². The molecule has 0 radical (unpaired) electrons. The lowest BCUT2D eigenvalue weighted by atomic mass is 10.0. The third-order valence-electron chi connectivity index (χ3n) is 4.49. The van der Waals surface area contributed by atoms with Crippen molar-refractivity contribution in [2.75, 3.05) is 17.9 Å². The zero-order valence-electron chi connectivity index (χ0n) is 14.8. The molecule has 1 fully saturated rings. The minimum absolute atomic E-state index is 0.243. The van der Waals surface area contributed by atoms with Crippen molar-refractivity contribution in [1.29, 1.82) is 0 Å². The van der Waals surface area contributed by atoms with Gasteiger partial charge >= 0.3 is 16.2 Å². The highest BCUT2D eigenvalue weighted by Gasteiger charge is 2.37. The molecule has 1 aromatic rings. The van der Waals surface area contributed by atoms with E-state index in [0.717, 1.165) is 29.5 Å². The summed E-state index contributed by atoms with van der Waals surface area (Å²) < 4.78 is 34.5. The molecule has 1 atom stereocenters. The van der Waals surface area contributed by atoms with E-state index in [2.05, 4.69) is 4.72 Å². The van der Waals surface area contributed by atoms with E-state index in [1.54, 1.807) is 6.92 Å². The van der Waals surface area contributed by atoms with E-state index in [9.17, 15) is 13.2 Å². The quantitative estimate of drug-likeness (QED) is 0.825. The summed E-state index contributed by atoms with van der Waals surface area (Å²) >= 11 is 0. The Hall–Kier alpha value is -1.60. The smallest absolute Gasteiger partial charge is 0.324 e. The van der Waals surface area contributed by atoms with Gasteiger partial charge in [-0.1, -0.05) is 0 Å². The number of piperidine rings is 1. The number of carbonyl (C=O) groups excluding carboxylic acids is 1. The highest BCUT2D eigenvalue weighted by molar-refractivity contribution is 7.90. The average molecular weight is 354 g/mol. The van der Waals surface area contributed by atoms with Crippen molar-refractivity contribution in [3.05, 3.63) is 28.8 Å². The molecule has 0 aromatic heterocycles. The van der Waals surface area contributed by atoms with Crippen LogP contribution >= 0.6 is 0 Å². The van der Waals surface area contributed by atoms with Crippen LogP contribution in [0.2, 0.25) is 0 Å². The maximum absolute atomic E-state index is 12.8. The van der Waals surface area contributed by atoms with Crippen LogP contribution in [0, 0.1) is 20.8 Å². The van der Waals surface area contributed by atoms with E-state index in [1.807, 2.05) is 32.9 Å². The van der Waals surface area contributed by atoms with Gasteiger partial charge in [0.1, 0.15) is 6.04 Å². The first kappa shape index (κ1) is 18.7. The van der Waals surface area contributed by atoms with E-state index in [-0.39, 0.29) is 6.61 Å². The molecule has 1 aromatic carbocycles. The van der Waals surface area contributed by atoms with Crippen molar-refractivity contribution >= 4 is 21.9 Å². The number of esters is 1. The fourth-order valence-electron chi connectivity index (χ4n) is 2.97. The van der Waals surface area contributed by atoms with E-state index >= 15 is 0 Å². The minimum Gasteiger partial charge on any atom is -0.465 e. The van der Waals surface area contributed by atoms with Gasteiger partial charge < -0.3 is 4.74 Å². The zero-order valence-corrected chi connectivity index (χ0v) is 15.6. The Morgan fingerprint density at radius 2 is 1.88 bits per heavy atom. The van der Waals surface area contributed by atoms with Crippen LogP contribution in [0.5, 0.6) is 0 Å². The summed E-state index contributed by atoms with van der Waals surface area (Å²) in [6.45, 7) is 8.18. The molecule has 1 aliphatic heterocycles. The molecular formula is C17H26N2O4S. The van der Waals surface area contributed by atoms with Crippen molar-refractivity contribution in [3.8, 4) is 0 Å². The molecule has 0 bridgehead atoms. The fourth-order valence-corrected chi connectivity index (χ4v) is 4.40. The molecule has 1 saturated heterocycles. The Kier molecular flexibility index (Phi) is 5.87. The van der Waals surface area contributed by atoms with Gasteiger partial charge in [-0.15, -0.1) is 0 Å². The van der Waals surface area contributed by atoms with Crippen molar-refractivity contribution < 1.29 is 17.9 Å². The number of benzene rings is 1. The van der Waals surface area contributed by atoms with Gasteiger partial charge in [-0.3, -0.25) is 9.52 Å². The van der Waals surface area contributed by atoms with E-state index < -0.39 is 22.2 Å². The largest absolute Gasteiger partial charge is 0.465 e. The number of nitrogens with zero attached hydrogens (tertiary/aromatic N) is 1. The van der Waals surface area contributed by atoms with Gasteiger partial charge in [0, 0.05) is 6.54 Å². The molecule has 0 saturated carbocycles. The Morgan fingerprint density at radius 1 is 1.25 bits per heavy atom. The number of hydrogen-bond acceptors (Lipinski definition) is 4. The van der Waals surface area contributed by atoms with Crippen molar-refractivity contribution in [2.24, 2.45) is 0 Å². The molecule has 1 N–H and O–H groups in total. The van der Waals surface area contributed by atoms with E-state index in [1.165, 1.54) is 4.31 Å². The van der Waals surface area contributed by atoms with Crippen LogP contribution in [-0.2, 0) is 19.7 Å². The summed E-state index contributed by atoms with van der Waals surface area (Å²) in [5, 5.41) is 0. The highest BCUT2D eigenvalue weighted by atomic mass is 32.2. The summed E-state index contributed by atoms with van der Waals surface area (Å²) in [4.78, 5) is 12.1. The normalized spacial score (nSPS) is 19.1. The summed E-state index contributed by atoms with van der Waals surface area (Å²) in [5.41, 5.74) is 3.70.